The number of oxazole rings is 1. The van der Waals surface area contributed by atoms with Crippen molar-refractivity contribution in [2.24, 2.45) is 5.92 Å². The number of carbonyl (C=O) groups excluding carboxylic acids is 2. The Morgan fingerprint density at radius 1 is 1.41 bits per heavy atom. The monoisotopic (exact) mass is 399 g/mol. The molecular formula is C20H25N5O4. The van der Waals surface area contributed by atoms with Crippen LogP contribution in [0.3, 0.4) is 0 Å². The summed E-state index contributed by atoms with van der Waals surface area (Å²) in [4.78, 5) is 30.6. The molecule has 9 nitrogen and oxygen atoms in total. The molecule has 29 heavy (non-hydrogen) atoms. The van der Waals surface area contributed by atoms with E-state index in [0.29, 0.717) is 44.1 Å². The minimum absolute atomic E-state index is 0.127. The van der Waals surface area contributed by atoms with Crippen molar-refractivity contribution in [2.75, 3.05) is 24.5 Å². The van der Waals surface area contributed by atoms with Crippen LogP contribution in [0.25, 0.3) is 11.7 Å². The number of hydrogen-bond acceptors (Lipinski definition) is 7. The van der Waals surface area contributed by atoms with Crippen LogP contribution in [-0.4, -0.2) is 42.5 Å². The van der Waals surface area contributed by atoms with Gasteiger partial charge in [0.05, 0.1) is 6.26 Å². The molecule has 2 N–H and O–H groups in total. The van der Waals surface area contributed by atoms with Gasteiger partial charge in [0, 0.05) is 25.6 Å². The lowest BCUT2D eigenvalue weighted by Gasteiger charge is -2.31. The van der Waals surface area contributed by atoms with Gasteiger partial charge in [0.1, 0.15) is 12.1 Å². The highest BCUT2D eigenvalue weighted by molar-refractivity contribution is 5.88. The van der Waals surface area contributed by atoms with E-state index in [4.69, 9.17) is 8.83 Å². The average Bonchev–Trinajstić information content (AvgIpc) is 3.41. The standard InChI is InChI=1S/C20H25N5O4/c1-3-8-22-17(26)13(2)23-18(27)14-6-9-25(10-7-14)20-15(12-21)24-19(29-20)16-5-4-11-28-16/h4-5,11,13-14H,3,6-10H2,1-2H3,(H,22,26)(H,23,27). The second-order valence-electron chi connectivity index (χ2n) is 7.04. The number of amides is 2. The Labute approximate surface area is 169 Å². The van der Waals surface area contributed by atoms with Gasteiger partial charge in [-0.1, -0.05) is 6.92 Å². The lowest BCUT2D eigenvalue weighted by atomic mass is 9.95. The van der Waals surface area contributed by atoms with Crippen LogP contribution in [0.5, 0.6) is 0 Å². The zero-order valence-electron chi connectivity index (χ0n) is 16.6. The number of anilines is 1. The highest BCUT2D eigenvalue weighted by Gasteiger charge is 2.30. The van der Waals surface area contributed by atoms with Crippen molar-refractivity contribution < 1.29 is 18.4 Å². The Hall–Kier alpha value is -3.28. The molecule has 1 unspecified atom stereocenters. The van der Waals surface area contributed by atoms with Crippen molar-refractivity contribution in [2.45, 2.75) is 39.2 Å². The predicted molar refractivity (Wildman–Crippen MR) is 105 cm³/mol. The smallest absolute Gasteiger partial charge is 0.266 e. The summed E-state index contributed by atoms with van der Waals surface area (Å²) in [6, 6.07) is 4.92. The second kappa shape index (κ2) is 9.28. The molecule has 0 spiro atoms. The van der Waals surface area contributed by atoms with Crippen LogP contribution < -0.4 is 15.5 Å². The van der Waals surface area contributed by atoms with Gasteiger partial charge in [0.25, 0.3) is 5.89 Å². The first-order valence-electron chi connectivity index (χ1n) is 9.81. The molecule has 0 saturated carbocycles. The third kappa shape index (κ3) is 4.77. The number of nitrogens with zero attached hydrogens (tertiary/aromatic N) is 3. The van der Waals surface area contributed by atoms with Gasteiger partial charge in [-0.05, 0) is 38.3 Å². The maximum absolute atomic E-state index is 12.5. The summed E-state index contributed by atoms with van der Waals surface area (Å²) in [7, 11) is 0. The molecule has 1 aliphatic heterocycles. The third-order valence-corrected chi connectivity index (χ3v) is 4.90. The number of carbonyl (C=O) groups is 2. The molecule has 2 aromatic rings. The van der Waals surface area contributed by atoms with Gasteiger partial charge in [-0.15, -0.1) is 0 Å². The van der Waals surface area contributed by atoms with Crippen molar-refractivity contribution >= 4 is 17.7 Å². The summed E-state index contributed by atoms with van der Waals surface area (Å²) in [6.07, 6.45) is 3.55. The van der Waals surface area contributed by atoms with E-state index in [1.165, 1.54) is 6.26 Å². The second-order valence-corrected chi connectivity index (χ2v) is 7.04. The van der Waals surface area contributed by atoms with Crippen molar-refractivity contribution in [1.82, 2.24) is 15.6 Å². The zero-order valence-corrected chi connectivity index (χ0v) is 16.6. The van der Waals surface area contributed by atoms with E-state index >= 15 is 0 Å². The predicted octanol–water partition coefficient (Wildman–Crippen LogP) is 2.05. The Kier molecular flexibility index (Phi) is 6.54. The molecule has 1 atom stereocenters. The molecule has 9 heteroatoms. The van der Waals surface area contributed by atoms with Crippen molar-refractivity contribution in [3.63, 3.8) is 0 Å². The SMILES string of the molecule is CCCNC(=O)C(C)NC(=O)C1CCN(c2oc(-c3ccco3)nc2C#N)CC1. The molecule has 1 saturated heterocycles. The van der Waals surface area contributed by atoms with Crippen molar-refractivity contribution in [3.8, 4) is 17.7 Å². The summed E-state index contributed by atoms with van der Waals surface area (Å²) < 4.78 is 11.0. The quantitative estimate of drug-likeness (QED) is 0.730. The van der Waals surface area contributed by atoms with Crippen LogP contribution in [0.1, 0.15) is 38.8 Å². The van der Waals surface area contributed by atoms with Crippen LogP contribution in [0.2, 0.25) is 0 Å². The van der Waals surface area contributed by atoms with Gasteiger partial charge in [-0.25, -0.2) is 0 Å². The van der Waals surface area contributed by atoms with Gasteiger partial charge < -0.3 is 24.4 Å². The molecule has 0 radical (unpaired) electrons. The number of nitrogens with one attached hydrogen (secondary N) is 2. The number of hydrogen-bond donors (Lipinski definition) is 2. The van der Waals surface area contributed by atoms with Gasteiger partial charge in [0.2, 0.25) is 23.4 Å². The van der Waals surface area contributed by atoms with Crippen LogP contribution in [0.15, 0.2) is 27.2 Å². The fourth-order valence-electron chi connectivity index (χ4n) is 3.25. The normalized spacial score (nSPS) is 15.6. The molecule has 3 heterocycles. The molecule has 0 aliphatic carbocycles. The third-order valence-electron chi connectivity index (χ3n) is 4.90. The molecule has 1 fully saturated rings. The maximum Gasteiger partial charge on any atom is 0.266 e. The lowest BCUT2D eigenvalue weighted by Crippen LogP contribution is -2.48. The van der Waals surface area contributed by atoms with Gasteiger partial charge in [-0.2, -0.15) is 10.2 Å². The Balaban J connectivity index is 1.57. The number of rotatable bonds is 7. The maximum atomic E-state index is 12.5. The highest BCUT2D eigenvalue weighted by atomic mass is 16.4. The van der Waals surface area contributed by atoms with Crippen molar-refractivity contribution in [1.29, 1.82) is 5.26 Å². The van der Waals surface area contributed by atoms with E-state index in [1.807, 2.05) is 11.8 Å². The van der Waals surface area contributed by atoms with Gasteiger partial charge in [0.15, 0.2) is 5.76 Å². The molecule has 3 rings (SSSR count). The summed E-state index contributed by atoms with van der Waals surface area (Å²) in [5, 5.41) is 14.9. The minimum Gasteiger partial charge on any atom is -0.459 e. The Bertz CT molecular complexity index is 875. The summed E-state index contributed by atoms with van der Waals surface area (Å²) in [6.45, 7) is 5.35. The summed E-state index contributed by atoms with van der Waals surface area (Å²) in [5.41, 5.74) is 0.195. The number of piperidine rings is 1. The number of nitriles is 1. The van der Waals surface area contributed by atoms with Crippen molar-refractivity contribution in [3.05, 3.63) is 24.1 Å². The fourth-order valence-corrected chi connectivity index (χ4v) is 3.25. The Morgan fingerprint density at radius 3 is 2.79 bits per heavy atom. The Morgan fingerprint density at radius 2 is 2.17 bits per heavy atom. The summed E-state index contributed by atoms with van der Waals surface area (Å²) >= 11 is 0. The van der Waals surface area contributed by atoms with E-state index in [2.05, 4.69) is 21.7 Å². The average molecular weight is 399 g/mol. The molecule has 2 aromatic heterocycles. The van der Waals surface area contributed by atoms with E-state index in [-0.39, 0.29) is 29.3 Å². The fraction of sp³-hybridized carbons (Fsp3) is 0.500. The molecule has 1 aliphatic rings. The lowest BCUT2D eigenvalue weighted by molar-refractivity contribution is -0.131. The van der Waals surface area contributed by atoms with Crippen LogP contribution in [-0.2, 0) is 9.59 Å². The molecule has 154 valence electrons. The zero-order chi connectivity index (χ0) is 20.8. The van der Waals surface area contributed by atoms with Gasteiger partial charge >= 0.3 is 0 Å². The number of furan rings is 1. The first kappa shape index (κ1) is 20.5. The minimum atomic E-state index is -0.567. The number of aromatic nitrogens is 1. The van der Waals surface area contributed by atoms with Crippen LogP contribution >= 0.6 is 0 Å². The first-order chi connectivity index (χ1) is 14.0. The van der Waals surface area contributed by atoms with E-state index in [1.54, 1.807) is 19.1 Å². The van der Waals surface area contributed by atoms with Crippen LogP contribution in [0, 0.1) is 17.2 Å². The van der Waals surface area contributed by atoms with E-state index in [9.17, 15) is 14.9 Å². The first-order valence-corrected chi connectivity index (χ1v) is 9.81. The van der Waals surface area contributed by atoms with E-state index < -0.39 is 6.04 Å². The molecule has 0 bridgehead atoms. The molecule has 2 amide bonds. The summed E-state index contributed by atoms with van der Waals surface area (Å²) in [5.74, 6) is 0.614. The van der Waals surface area contributed by atoms with Gasteiger partial charge in [-0.3, -0.25) is 9.59 Å². The van der Waals surface area contributed by atoms with Crippen LogP contribution in [0.4, 0.5) is 5.88 Å². The highest BCUT2D eigenvalue weighted by Crippen LogP contribution is 2.31. The van der Waals surface area contributed by atoms with E-state index in [0.717, 1.165) is 6.42 Å². The molecule has 0 aromatic carbocycles. The molecular weight excluding hydrogens is 374 g/mol. The topological polar surface area (TPSA) is 124 Å². The largest absolute Gasteiger partial charge is 0.459 e.